The van der Waals surface area contributed by atoms with Crippen molar-refractivity contribution in [3.8, 4) is 0 Å². The average Bonchev–Trinajstić information content (AvgIpc) is 2.22. The van der Waals surface area contributed by atoms with Crippen LogP contribution >= 0.6 is 0 Å². The third kappa shape index (κ3) is 0.380. The molecule has 1 heteroatoms. The van der Waals surface area contributed by atoms with Crippen LogP contribution in [0.25, 0.3) is 0 Å². The third-order valence-corrected chi connectivity index (χ3v) is 1.56. The van der Waals surface area contributed by atoms with Crippen molar-refractivity contribution in [1.29, 1.82) is 0 Å². The molecule has 2 aliphatic heterocycles. The Morgan fingerprint density at radius 1 is 0.857 bits per heavy atom. The molecule has 2 aliphatic rings. The third-order valence-electron chi connectivity index (χ3n) is 1.56. The molecule has 0 unspecified atom stereocenters. The van der Waals surface area contributed by atoms with Gasteiger partial charge in [-0.05, 0) is 11.6 Å². The van der Waals surface area contributed by atoms with Gasteiger partial charge < -0.3 is 0 Å². The fraction of sp³-hybridized carbons (Fsp3) is 0.333. The van der Waals surface area contributed by atoms with Crippen molar-refractivity contribution in [2.24, 2.45) is 0 Å². The van der Waals surface area contributed by atoms with Gasteiger partial charge in [0.25, 0.3) is 0 Å². The predicted molar refractivity (Wildman–Crippen MR) is 31.5 cm³/mol. The molecule has 0 aromatic rings. The number of rotatable bonds is 0. The van der Waals surface area contributed by atoms with Crippen LogP contribution in [0.2, 0.25) is 11.6 Å². The highest BCUT2D eigenvalue weighted by atomic mass is 14.1. The number of allylic oxidation sites excluding steroid dienone is 4. The smallest absolute Gasteiger partial charge is 0.0898 e. The van der Waals surface area contributed by atoms with Crippen molar-refractivity contribution in [3.05, 3.63) is 24.3 Å². The monoisotopic (exact) mass is 89.1 g/mol. The van der Waals surface area contributed by atoms with Gasteiger partial charge in [0.05, 0.1) is 0 Å². The summed E-state index contributed by atoms with van der Waals surface area (Å²) in [4.78, 5) is 0. The van der Waals surface area contributed by atoms with Crippen LogP contribution in [0.5, 0.6) is 0 Å². The highest BCUT2D eigenvalue weighted by Gasteiger charge is 2.20. The molecular formula is C6H6B. The molecule has 2 bridgehead atoms. The predicted octanol–water partition coefficient (Wildman–Crippen LogP) is 1.41. The number of hydrogen-bond acceptors (Lipinski definition) is 0. The second-order valence-electron chi connectivity index (χ2n) is 2.12. The van der Waals surface area contributed by atoms with E-state index in [1.807, 2.05) is 0 Å². The summed E-state index contributed by atoms with van der Waals surface area (Å²) >= 11 is 0. The summed E-state index contributed by atoms with van der Waals surface area (Å²) in [5.74, 6) is 1.37. The van der Waals surface area contributed by atoms with E-state index in [4.69, 9.17) is 0 Å². The zero-order chi connectivity index (χ0) is 4.69. The average molecular weight is 88.9 g/mol. The van der Waals surface area contributed by atoms with Gasteiger partial charge in [0.2, 0.25) is 0 Å². The molecule has 1 radical (unpaired) electrons. The summed E-state index contributed by atoms with van der Waals surface area (Å²) in [6.07, 6.45) is 8.96. The van der Waals surface area contributed by atoms with Crippen molar-refractivity contribution in [2.45, 2.75) is 11.6 Å². The molecule has 0 saturated heterocycles. The molecule has 0 aromatic heterocycles. The summed E-state index contributed by atoms with van der Waals surface area (Å²) in [7, 11) is 2.33. The first-order chi connectivity index (χ1) is 3.45. The molecule has 0 aromatic carbocycles. The van der Waals surface area contributed by atoms with Crippen LogP contribution in [-0.4, -0.2) is 7.28 Å². The van der Waals surface area contributed by atoms with Gasteiger partial charge >= 0.3 is 0 Å². The lowest BCUT2D eigenvalue weighted by Gasteiger charge is -1.88. The molecule has 2 rings (SSSR count). The van der Waals surface area contributed by atoms with E-state index in [-0.39, 0.29) is 0 Å². The quantitative estimate of drug-likeness (QED) is 0.311. The molecule has 7 heavy (non-hydrogen) atoms. The lowest BCUT2D eigenvalue weighted by molar-refractivity contribution is 1.34. The van der Waals surface area contributed by atoms with Gasteiger partial charge in [-0.25, -0.2) is 0 Å². The zero-order valence-corrected chi connectivity index (χ0v) is 4.04. The van der Waals surface area contributed by atoms with Crippen LogP contribution in [-0.2, 0) is 0 Å². The van der Waals surface area contributed by atoms with Crippen LogP contribution < -0.4 is 0 Å². The second-order valence-corrected chi connectivity index (χ2v) is 2.12. The van der Waals surface area contributed by atoms with Gasteiger partial charge in [-0.1, -0.05) is 24.3 Å². The maximum atomic E-state index is 2.33. The van der Waals surface area contributed by atoms with Crippen LogP contribution in [0.3, 0.4) is 0 Å². The fourth-order valence-corrected chi connectivity index (χ4v) is 1.15. The Morgan fingerprint density at radius 2 is 1.29 bits per heavy atom. The van der Waals surface area contributed by atoms with E-state index in [0.717, 1.165) is 0 Å². The van der Waals surface area contributed by atoms with E-state index in [1.165, 1.54) is 0 Å². The lowest BCUT2D eigenvalue weighted by Crippen LogP contribution is -1.86. The summed E-state index contributed by atoms with van der Waals surface area (Å²) in [6.45, 7) is 0. The molecule has 0 nitrogen and oxygen atoms in total. The Bertz CT molecular complexity index is 107. The van der Waals surface area contributed by atoms with E-state index in [0.29, 0.717) is 11.6 Å². The Morgan fingerprint density at radius 3 is 1.43 bits per heavy atom. The maximum absolute atomic E-state index is 2.33. The molecule has 0 saturated carbocycles. The minimum atomic E-state index is 0.685. The van der Waals surface area contributed by atoms with E-state index >= 15 is 0 Å². The molecule has 2 heterocycles. The van der Waals surface area contributed by atoms with E-state index in [9.17, 15) is 0 Å². The van der Waals surface area contributed by atoms with Gasteiger partial charge in [0.15, 0.2) is 0 Å². The van der Waals surface area contributed by atoms with Gasteiger partial charge in [-0.3, -0.25) is 0 Å². The number of fused-ring (bicyclic) bond motifs is 2. The van der Waals surface area contributed by atoms with E-state index < -0.39 is 0 Å². The standard InChI is InChI=1S/C6H6B/c1-2-6-4-3-5(1)7-6/h1-6H. The Hall–Kier alpha value is -0.455. The van der Waals surface area contributed by atoms with Gasteiger partial charge in [-0.15, -0.1) is 0 Å². The summed E-state index contributed by atoms with van der Waals surface area (Å²) in [5, 5.41) is 0. The van der Waals surface area contributed by atoms with Gasteiger partial charge in [0, 0.05) is 0 Å². The first-order valence-electron chi connectivity index (χ1n) is 2.67. The van der Waals surface area contributed by atoms with E-state index in [2.05, 4.69) is 31.6 Å². The Kier molecular flexibility index (Phi) is 0.520. The lowest BCUT2D eigenvalue weighted by atomic mass is 9.65. The minimum Gasteiger partial charge on any atom is -0.0898 e. The number of hydrogen-bond donors (Lipinski definition) is 0. The first-order valence-corrected chi connectivity index (χ1v) is 2.67. The van der Waals surface area contributed by atoms with Crippen molar-refractivity contribution in [2.75, 3.05) is 0 Å². The van der Waals surface area contributed by atoms with Gasteiger partial charge in [-0.2, -0.15) is 0 Å². The van der Waals surface area contributed by atoms with Crippen molar-refractivity contribution >= 4 is 7.28 Å². The van der Waals surface area contributed by atoms with Crippen LogP contribution in [0, 0.1) is 0 Å². The first kappa shape index (κ1) is 3.53. The van der Waals surface area contributed by atoms with E-state index in [1.54, 1.807) is 0 Å². The fourth-order valence-electron chi connectivity index (χ4n) is 1.15. The molecule has 0 N–H and O–H groups in total. The summed E-state index contributed by atoms with van der Waals surface area (Å²) in [5.41, 5.74) is 0. The Balaban J connectivity index is 2.38. The maximum Gasteiger partial charge on any atom is 0.138 e. The van der Waals surface area contributed by atoms with Crippen LogP contribution in [0.1, 0.15) is 0 Å². The van der Waals surface area contributed by atoms with Crippen LogP contribution in [0.4, 0.5) is 0 Å². The minimum absolute atomic E-state index is 0.685. The Labute approximate surface area is 44.2 Å². The molecule has 0 aliphatic carbocycles. The second kappa shape index (κ2) is 1.03. The topological polar surface area (TPSA) is 0 Å². The molecule has 0 fully saturated rings. The summed E-state index contributed by atoms with van der Waals surface area (Å²) in [6, 6.07) is 0. The van der Waals surface area contributed by atoms with Crippen molar-refractivity contribution < 1.29 is 0 Å². The van der Waals surface area contributed by atoms with Crippen molar-refractivity contribution in [3.63, 3.8) is 0 Å². The highest BCUT2D eigenvalue weighted by molar-refractivity contribution is 6.45. The summed E-state index contributed by atoms with van der Waals surface area (Å²) < 4.78 is 0. The molecule has 0 spiro atoms. The molecule has 0 amide bonds. The molecule has 33 valence electrons. The molecular weight excluding hydrogens is 82.9 g/mol. The van der Waals surface area contributed by atoms with Crippen molar-refractivity contribution in [1.82, 2.24) is 0 Å². The SMILES string of the molecule is [B]1C2C=CC1C=C2. The zero-order valence-electron chi connectivity index (χ0n) is 4.04. The van der Waals surface area contributed by atoms with Gasteiger partial charge in [0.1, 0.15) is 7.28 Å². The van der Waals surface area contributed by atoms with Crippen LogP contribution in [0.15, 0.2) is 24.3 Å². The largest absolute Gasteiger partial charge is 0.138 e. The normalized spacial score (nSPS) is 42.3. The molecule has 0 atom stereocenters. The highest BCUT2D eigenvalue weighted by Crippen LogP contribution is 2.33.